The van der Waals surface area contributed by atoms with Gasteiger partial charge in [-0.05, 0) is 61.4 Å². The van der Waals surface area contributed by atoms with Crippen LogP contribution in [0.15, 0.2) is 36.5 Å². The molecule has 1 atom stereocenters. The Hall–Kier alpha value is -2.86. The van der Waals surface area contributed by atoms with Gasteiger partial charge >= 0.3 is 0 Å². The van der Waals surface area contributed by atoms with Crippen molar-refractivity contribution >= 4 is 29.5 Å². The van der Waals surface area contributed by atoms with Crippen LogP contribution in [0.4, 0.5) is 0 Å². The minimum absolute atomic E-state index is 0.0596. The fourth-order valence-corrected chi connectivity index (χ4v) is 4.01. The highest BCUT2D eigenvalue weighted by Gasteiger charge is 2.32. The molecule has 4 rings (SSSR count). The van der Waals surface area contributed by atoms with E-state index in [0.717, 1.165) is 24.1 Å². The smallest absolute Gasteiger partial charge is 0.254 e. The summed E-state index contributed by atoms with van der Waals surface area (Å²) >= 11 is 6.60. The second-order valence-electron chi connectivity index (χ2n) is 8.23. The topological polar surface area (TPSA) is 71.5 Å². The van der Waals surface area contributed by atoms with Gasteiger partial charge in [-0.2, -0.15) is 0 Å². The number of rotatable bonds is 7. The molecular formula is C24H26ClN3O3. The molecule has 0 bridgehead atoms. The molecule has 1 aromatic carbocycles. The van der Waals surface area contributed by atoms with Crippen LogP contribution >= 0.6 is 11.6 Å². The molecule has 162 valence electrons. The predicted octanol–water partition coefficient (Wildman–Crippen LogP) is 4.47. The molecule has 1 fully saturated rings. The molecule has 1 saturated carbocycles. The first-order chi connectivity index (χ1) is 14.9. The highest BCUT2D eigenvalue weighted by molar-refractivity contribution is 6.33. The van der Waals surface area contributed by atoms with Crippen LogP contribution in [0.3, 0.4) is 0 Å². The fourth-order valence-electron chi connectivity index (χ4n) is 3.72. The third kappa shape index (κ3) is 5.25. The predicted molar refractivity (Wildman–Crippen MR) is 120 cm³/mol. The summed E-state index contributed by atoms with van der Waals surface area (Å²) in [7, 11) is 0. The standard InChI is InChI=1S/C24H26ClN3O3/c1-15(27-16(2)29)3-4-17-7-10-22(26-13-17)31-21-9-8-20-19(23(21)25)11-12-28(24(20)30)14-18-5-6-18/h3-4,7-10,13,15,18H,5-6,11-12,14H2,1-2H3,(H,27,29)/b4-3+/t15-/m0/s1. The lowest BCUT2D eigenvalue weighted by Gasteiger charge is -2.29. The van der Waals surface area contributed by atoms with E-state index in [0.29, 0.717) is 34.7 Å². The van der Waals surface area contributed by atoms with E-state index in [4.69, 9.17) is 16.3 Å². The molecule has 2 heterocycles. The van der Waals surface area contributed by atoms with Gasteiger partial charge in [-0.1, -0.05) is 23.8 Å². The van der Waals surface area contributed by atoms with E-state index >= 15 is 0 Å². The SMILES string of the molecule is CC(=O)N[C@@H](C)/C=C/c1ccc(Oc2ccc3c(c2Cl)CCN(CC2CC2)C3=O)nc1. The lowest BCUT2D eigenvalue weighted by molar-refractivity contribution is -0.119. The summed E-state index contributed by atoms with van der Waals surface area (Å²) in [6, 6.07) is 7.12. The maximum atomic E-state index is 12.8. The highest BCUT2D eigenvalue weighted by atomic mass is 35.5. The second-order valence-corrected chi connectivity index (χ2v) is 8.61. The highest BCUT2D eigenvalue weighted by Crippen LogP contribution is 2.37. The van der Waals surface area contributed by atoms with Gasteiger partial charge in [0.2, 0.25) is 11.8 Å². The van der Waals surface area contributed by atoms with Gasteiger partial charge in [0.05, 0.1) is 5.02 Å². The van der Waals surface area contributed by atoms with Crippen molar-refractivity contribution in [3.8, 4) is 11.6 Å². The number of nitrogens with one attached hydrogen (secondary N) is 1. The van der Waals surface area contributed by atoms with Crippen molar-refractivity contribution in [2.45, 2.75) is 39.2 Å². The number of fused-ring (bicyclic) bond motifs is 1. The Kier molecular flexibility index (Phi) is 6.28. The third-order valence-corrected chi connectivity index (χ3v) is 5.93. The zero-order valence-electron chi connectivity index (χ0n) is 17.7. The molecule has 31 heavy (non-hydrogen) atoms. The van der Waals surface area contributed by atoms with Crippen LogP contribution in [0.2, 0.25) is 5.02 Å². The quantitative estimate of drug-likeness (QED) is 0.690. The number of ether oxygens (including phenoxy) is 1. The molecule has 7 heteroatoms. The molecule has 1 aliphatic heterocycles. The maximum Gasteiger partial charge on any atom is 0.254 e. The molecule has 1 aromatic heterocycles. The number of benzene rings is 1. The second kappa shape index (κ2) is 9.10. The molecule has 6 nitrogen and oxygen atoms in total. The van der Waals surface area contributed by atoms with Gasteiger partial charge in [0.1, 0.15) is 5.75 Å². The van der Waals surface area contributed by atoms with Crippen molar-refractivity contribution in [1.29, 1.82) is 0 Å². The van der Waals surface area contributed by atoms with Crippen molar-refractivity contribution in [3.05, 3.63) is 58.3 Å². The van der Waals surface area contributed by atoms with E-state index in [2.05, 4.69) is 10.3 Å². The maximum absolute atomic E-state index is 12.8. The molecule has 2 aliphatic rings. The van der Waals surface area contributed by atoms with E-state index in [1.807, 2.05) is 30.0 Å². The summed E-state index contributed by atoms with van der Waals surface area (Å²) in [6.07, 6.45) is 8.65. The minimum Gasteiger partial charge on any atom is -0.437 e. The molecule has 0 radical (unpaired) electrons. The zero-order valence-corrected chi connectivity index (χ0v) is 18.5. The van der Waals surface area contributed by atoms with Gasteiger partial charge < -0.3 is 15.0 Å². The van der Waals surface area contributed by atoms with Gasteiger partial charge in [0, 0.05) is 43.9 Å². The van der Waals surface area contributed by atoms with Crippen molar-refractivity contribution in [2.75, 3.05) is 13.1 Å². The molecule has 0 saturated heterocycles. The van der Waals surface area contributed by atoms with Gasteiger partial charge in [0.15, 0.2) is 0 Å². The number of hydrogen-bond acceptors (Lipinski definition) is 4. The fraction of sp³-hybridized carbons (Fsp3) is 0.375. The van der Waals surface area contributed by atoms with Crippen LogP contribution in [0.25, 0.3) is 6.08 Å². The van der Waals surface area contributed by atoms with E-state index in [-0.39, 0.29) is 17.9 Å². The first kappa shape index (κ1) is 21.4. The number of hydrogen-bond donors (Lipinski definition) is 1. The van der Waals surface area contributed by atoms with Crippen molar-refractivity contribution < 1.29 is 14.3 Å². The van der Waals surface area contributed by atoms with Gasteiger partial charge in [-0.15, -0.1) is 0 Å². The molecule has 0 spiro atoms. The van der Waals surface area contributed by atoms with Crippen LogP contribution in [0.5, 0.6) is 11.6 Å². The van der Waals surface area contributed by atoms with Crippen LogP contribution in [0.1, 0.15) is 48.2 Å². The van der Waals surface area contributed by atoms with Crippen LogP contribution in [-0.4, -0.2) is 40.8 Å². The Morgan fingerprint density at radius 3 is 2.84 bits per heavy atom. The molecule has 1 aliphatic carbocycles. The van der Waals surface area contributed by atoms with Crippen LogP contribution < -0.4 is 10.1 Å². The number of carbonyl (C=O) groups excluding carboxylic acids is 2. The average molecular weight is 440 g/mol. The van der Waals surface area contributed by atoms with Gasteiger partial charge in [-0.25, -0.2) is 4.98 Å². The minimum atomic E-state index is -0.0710. The van der Waals surface area contributed by atoms with E-state index in [1.165, 1.54) is 19.8 Å². The lowest BCUT2D eigenvalue weighted by Crippen LogP contribution is -2.39. The first-order valence-corrected chi connectivity index (χ1v) is 11.0. The monoisotopic (exact) mass is 439 g/mol. The van der Waals surface area contributed by atoms with E-state index < -0.39 is 0 Å². The van der Waals surface area contributed by atoms with Gasteiger partial charge in [-0.3, -0.25) is 9.59 Å². The van der Waals surface area contributed by atoms with Crippen molar-refractivity contribution in [2.24, 2.45) is 5.92 Å². The van der Waals surface area contributed by atoms with Crippen molar-refractivity contribution in [1.82, 2.24) is 15.2 Å². The first-order valence-electron chi connectivity index (χ1n) is 10.6. The summed E-state index contributed by atoms with van der Waals surface area (Å²) in [5.74, 6) is 1.58. The average Bonchev–Trinajstić information content (AvgIpc) is 3.55. The number of halogens is 1. The third-order valence-electron chi connectivity index (χ3n) is 5.51. The Bertz CT molecular complexity index is 1020. The van der Waals surface area contributed by atoms with Gasteiger partial charge in [0.25, 0.3) is 5.91 Å². The number of aromatic nitrogens is 1. The molecule has 1 N–H and O–H groups in total. The summed E-state index contributed by atoms with van der Waals surface area (Å²) < 4.78 is 5.90. The number of nitrogens with zero attached hydrogens (tertiary/aromatic N) is 2. The summed E-state index contributed by atoms with van der Waals surface area (Å²) in [5.41, 5.74) is 2.41. The molecular weight excluding hydrogens is 414 g/mol. The summed E-state index contributed by atoms with van der Waals surface area (Å²) in [4.78, 5) is 30.1. The Labute approximate surface area is 187 Å². The number of carbonyl (C=O) groups is 2. The Balaban J connectivity index is 1.43. The van der Waals surface area contributed by atoms with E-state index in [9.17, 15) is 9.59 Å². The van der Waals surface area contributed by atoms with Crippen LogP contribution in [-0.2, 0) is 11.2 Å². The zero-order chi connectivity index (χ0) is 22.0. The number of pyridine rings is 1. The Morgan fingerprint density at radius 1 is 1.35 bits per heavy atom. The summed E-state index contributed by atoms with van der Waals surface area (Å²) in [6.45, 7) is 4.94. The van der Waals surface area contributed by atoms with E-state index in [1.54, 1.807) is 24.4 Å². The number of amides is 2. The van der Waals surface area contributed by atoms with Crippen molar-refractivity contribution in [3.63, 3.8) is 0 Å². The molecule has 0 unspecified atom stereocenters. The van der Waals surface area contributed by atoms with Crippen LogP contribution in [0, 0.1) is 5.92 Å². The molecule has 2 aromatic rings. The molecule has 2 amide bonds. The largest absolute Gasteiger partial charge is 0.437 e. The normalized spacial score (nSPS) is 16.9. The lowest BCUT2D eigenvalue weighted by atomic mass is 9.98. The Morgan fingerprint density at radius 2 is 2.16 bits per heavy atom. The summed E-state index contributed by atoms with van der Waals surface area (Å²) in [5, 5.41) is 3.27.